The summed E-state index contributed by atoms with van der Waals surface area (Å²) in [7, 11) is 7.12. The number of nitrogens with one attached hydrogen (secondary N) is 1. The van der Waals surface area contributed by atoms with E-state index in [1.165, 1.54) is 0 Å². The highest BCUT2D eigenvalue weighted by Gasteiger charge is 2.20. The highest BCUT2D eigenvalue weighted by atomic mass is 79.9. The van der Waals surface area contributed by atoms with Crippen LogP contribution in [0.4, 0.5) is 0 Å². The molecule has 0 aromatic heterocycles. The van der Waals surface area contributed by atoms with E-state index in [1.807, 2.05) is 38.1 Å². The van der Waals surface area contributed by atoms with Crippen molar-refractivity contribution in [2.75, 3.05) is 41.4 Å². The maximum atomic E-state index is 10.3. The SMILES string of the molecule is COc1cc(Br)c(CNCC(C)(O)CN(C)C)cc1OC. The summed E-state index contributed by atoms with van der Waals surface area (Å²) in [6, 6.07) is 3.81. The minimum Gasteiger partial charge on any atom is -0.493 e. The molecular weight excluding hydrogens is 336 g/mol. The molecule has 0 radical (unpaired) electrons. The van der Waals surface area contributed by atoms with Crippen LogP contribution in [0.25, 0.3) is 0 Å². The van der Waals surface area contributed by atoms with Gasteiger partial charge in [-0.1, -0.05) is 15.9 Å². The van der Waals surface area contributed by atoms with Crippen molar-refractivity contribution in [3.63, 3.8) is 0 Å². The first-order chi connectivity index (χ1) is 9.79. The summed E-state index contributed by atoms with van der Waals surface area (Å²) in [5, 5.41) is 13.5. The summed E-state index contributed by atoms with van der Waals surface area (Å²) in [5.41, 5.74) is 0.278. The van der Waals surface area contributed by atoms with Crippen molar-refractivity contribution >= 4 is 15.9 Å². The van der Waals surface area contributed by atoms with Crippen molar-refractivity contribution in [1.82, 2.24) is 10.2 Å². The van der Waals surface area contributed by atoms with E-state index in [0.717, 1.165) is 10.0 Å². The normalized spacial score (nSPS) is 14.1. The van der Waals surface area contributed by atoms with Crippen molar-refractivity contribution < 1.29 is 14.6 Å². The lowest BCUT2D eigenvalue weighted by molar-refractivity contribution is 0.0336. The third-order valence-electron chi connectivity index (χ3n) is 3.03. The maximum absolute atomic E-state index is 10.3. The van der Waals surface area contributed by atoms with Gasteiger partial charge in [0.1, 0.15) is 0 Å². The molecule has 1 aromatic carbocycles. The van der Waals surface area contributed by atoms with Crippen LogP contribution in [0.3, 0.4) is 0 Å². The van der Waals surface area contributed by atoms with Crippen molar-refractivity contribution in [3.05, 3.63) is 22.2 Å². The zero-order valence-electron chi connectivity index (χ0n) is 13.4. The standard InChI is InChI=1S/C15H25BrN2O3/c1-15(19,10-18(2)3)9-17-8-11-6-13(20-4)14(21-5)7-12(11)16/h6-7,17,19H,8-10H2,1-5H3. The lowest BCUT2D eigenvalue weighted by Gasteiger charge is -2.27. The van der Waals surface area contributed by atoms with Crippen molar-refractivity contribution in [2.45, 2.75) is 19.1 Å². The van der Waals surface area contributed by atoms with Gasteiger partial charge in [0.15, 0.2) is 11.5 Å². The van der Waals surface area contributed by atoms with Gasteiger partial charge in [-0.05, 0) is 38.7 Å². The molecule has 0 aliphatic rings. The smallest absolute Gasteiger partial charge is 0.161 e. The molecule has 5 nitrogen and oxygen atoms in total. The number of ether oxygens (including phenoxy) is 2. The van der Waals surface area contributed by atoms with E-state index in [4.69, 9.17) is 9.47 Å². The second kappa shape index (κ2) is 7.98. The van der Waals surface area contributed by atoms with Gasteiger partial charge in [0.2, 0.25) is 0 Å². The van der Waals surface area contributed by atoms with Gasteiger partial charge in [0.05, 0.1) is 19.8 Å². The van der Waals surface area contributed by atoms with E-state index in [0.29, 0.717) is 31.1 Å². The molecule has 0 fully saturated rings. The molecule has 1 rings (SSSR count). The molecule has 0 amide bonds. The van der Waals surface area contributed by atoms with Crippen LogP contribution in [0.1, 0.15) is 12.5 Å². The third-order valence-corrected chi connectivity index (χ3v) is 3.77. The molecule has 1 unspecified atom stereocenters. The van der Waals surface area contributed by atoms with Crippen LogP contribution in [0.5, 0.6) is 11.5 Å². The van der Waals surface area contributed by atoms with Gasteiger partial charge in [0.25, 0.3) is 0 Å². The van der Waals surface area contributed by atoms with Crippen LogP contribution in [0, 0.1) is 0 Å². The molecule has 0 saturated heterocycles. The molecule has 1 aromatic rings. The van der Waals surface area contributed by atoms with E-state index >= 15 is 0 Å². The predicted octanol–water partition coefficient (Wildman–Crippen LogP) is 1.87. The Morgan fingerprint density at radius 2 is 1.81 bits per heavy atom. The number of nitrogens with zero attached hydrogens (tertiary/aromatic N) is 1. The number of benzene rings is 1. The quantitative estimate of drug-likeness (QED) is 0.741. The minimum absolute atomic E-state index is 0.506. The van der Waals surface area contributed by atoms with E-state index in [9.17, 15) is 5.11 Å². The van der Waals surface area contributed by atoms with Crippen LogP contribution in [0.2, 0.25) is 0 Å². The Morgan fingerprint density at radius 3 is 2.33 bits per heavy atom. The molecule has 0 aliphatic heterocycles. The Bertz CT molecular complexity index is 464. The highest BCUT2D eigenvalue weighted by molar-refractivity contribution is 9.10. The third kappa shape index (κ3) is 5.82. The average Bonchev–Trinajstić information content (AvgIpc) is 2.38. The molecule has 120 valence electrons. The van der Waals surface area contributed by atoms with Crippen molar-refractivity contribution in [3.8, 4) is 11.5 Å². The van der Waals surface area contributed by atoms with Gasteiger partial charge < -0.3 is 24.8 Å². The molecule has 21 heavy (non-hydrogen) atoms. The molecule has 0 aliphatic carbocycles. The molecule has 0 heterocycles. The van der Waals surface area contributed by atoms with Gasteiger partial charge in [0, 0.05) is 24.1 Å². The topological polar surface area (TPSA) is 54.0 Å². The fourth-order valence-corrected chi connectivity index (χ4v) is 2.70. The Balaban J connectivity index is 2.67. The van der Waals surface area contributed by atoms with Gasteiger partial charge in [-0.15, -0.1) is 0 Å². The Hall–Kier alpha value is -0.820. The molecular formula is C15H25BrN2O3. The van der Waals surface area contributed by atoms with Gasteiger partial charge >= 0.3 is 0 Å². The van der Waals surface area contributed by atoms with E-state index in [1.54, 1.807) is 14.2 Å². The number of aliphatic hydroxyl groups is 1. The van der Waals surface area contributed by atoms with Crippen molar-refractivity contribution in [2.24, 2.45) is 0 Å². The number of hydrogen-bond donors (Lipinski definition) is 2. The number of rotatable bonds is 8. The van der Waals surface area contributed by atoms with Crippen LogP contribution in [-0.2, 0) is 6.54 Å². The molecule has 0 spiro atoms. The first-order valence-corrected chi connectivity index (χ1v) is 7.56. The Kier molecular flexibility index (Phi) is 6.93. The van der Waals surface area contributed by atoms with Gasteiger partial charge in [-0.25, -0.2) is 0 Å². The lowest BCUT2D eigenvalue weighted by atomic mass is 10.1. The van der Waals surface area contributed by atoms with E-state index < -0.39 is 5.60 Å². The Labute approximate surface area is 135 Å². The number of halogens is 1. The summed E-state index contributed by atoms with van der Waals surface area (Å²) in [4.78, 5) is 1.97. The Morgan fingerprint density at radius 1 is 1.24 bits per heavy atom. The maximum Gasteiger partial charge on any atom is 0.161 e. The zero-order chi connectivity index (χ0) is 16.0. The van der Waals surface area contributed by atoms with E-state index in [2.05, 4.69) is 21.2 Å². The minimum atomic E-state index is -0.771. The first kappa shape index (κ1) is 18.2. The molecule has 1 atom stereocenters. The largest absolute Gasteiger partial charge is 0.493 e. The average molecular weight is 361 g/mol. The van der Waals surface area contributed by atoms with Crippen molar-refractivity contribution in [1.29, 1.82) is 0 Å². The molecule has 2 N–H and O–H groups in total. The highest BCUT2D eigenvalue weighted by Crippen LogP contribution is 2.33. The van der Waals surface area contributed by atoms with Crippen LogP contribution in [-0.4, -0.2) is 57.0 Å². The second-order valence-electron chi connectivity index (χ2n) is 5.64. The first-order valence-electron chi connectivity index (χ1n) is 6.77. The van der Waals surface area contributed by atoms with Gasteiger partial charge in [-0.2, -0.15) is 0 Å². The number of methoxy groups -OCH3 is 2. The molecule has 6 heteroatoms. The second-order valence-corrected chi connectivity index (χ2v) is 6.49. The zero-order valence-corrected chi connectivity index (χ0v) is 15.0. The van der Waals surface area contributed by atoms with Crippen LogP contribution < -0.4 is 14.8 Å². The fraction of sp³-hybridized carbons (Fsp3) is 0.600. The van der Waals surface area contributed by atoms with Crippen LogP contribution in [0.15, 0.2) is 16.6 Å². The van der Waals surface area contributed by atoms with Crippen LogP contribution >= 0.6 is 15.9 Å². The summed E-state index contributed by atoms with van der Waals surface area (Å²) in [6.45, 7) is 3.56. The monoisotopic (exact) mass is 360 g/mol. The fourth-order valence-electron chi connectivity index (χ4n) is 2.24. The summed E-state index contributed by atoms with van der Waals surface area (Å²) in [6.07, 6.45) is 0. The number of likely N-dealkylation sites (N-methyl/N-ethyl adjacent to an activating group) is 1. The summed E-state index contributed by atoms with van der Waals surface area (Å²) >= 11 is 3.53. The lowest BCUT2D eigenvalue weighted by Crippen LogP contribution is -2.45. The van der Waals surface area contributed by atoms with E-state index in [-0.39, 0.29) is 0 Å². The number of hydrogen-bond acceptors (Lipinski definition) is 5. The van der Waals surface area contributed by atoms with Gasteiger partial charge in [-0.3, -0.25) is 0 Å². The molecule has 0 bridgehead atoms. The molecule has 0 saturated carbocycles. The predicted molar refractivity (Wildman–Crippen MR) is 88.1 cm³/mol. The summed E-state index contributed by atoms with van der Waals surface area (Å²) < 4.78 is 11.5. The summed E-state index contributed by atoms with van der Waals surface area (Å²) in [5.74, 6) is 1.38.